The second-order valence-corrected chi connectivity index (χ2v) is 4.95. The second-order valence-electron chi connectivity index (χ2n) is 4.95. The summed E-state index contributed by atoms with van der Waals surface area (Å²) in [4.78, 5) is 12.1. The van der Waals surface area contributed by atoms with Gasteiger partial charge in [0.15, 0.2) is 0 Å². The van der Waals surface area contributed by atoms with Crippen LogP contribution in [0.25, 0.3) is 0 Å². The van der Waals surface area contributed by atoms with Gasteiger partial charge in [-0.15, -0.1) is 0 Å². The molecule has 0 aromatic heterocycles. The molecule has 0 bridgehead atoms. The summed E-state index contributed by atoms with van der Waals surface area (Å²) in [7, 11) is 1.63. The molecule has 4 nitrogen and oxygen atoms in total. The zero-order chi connectivity index (χ0) is 15.2. The molecule has 2 aromatic rings. The Balaban J connectivity index is 2.00. The van der Waals surface area contributed by atoms with Crippen molar-refractivity contribution in [2.75, 3.05) is 12.8 Å². The van der Waals surface area contributed by atoms with Gasteiger partial charge in [-0.1, -0.05) is 30.3 Å². The molecule has 21 heavy (non-hydrogen) atoms. The van der Waals surface area contributed by atoms with Crippen molar-refractivity contribution in [3.8, 4) is 5.75 Å². The number of hydrogen-bond acceptors (Lipinski definition) is 3. The van der Waals surface area contributed by atoms with Crippen LogP contribution in [0.1, 0.15) is 24.1 Å². The van der Waals surface area contributed by atoms with Gasteiger partial charge >= 0.3 is 0 Å². The highest BCUT2D eigenvalue weighted by molar-refractivity contribution is 5.79. The molecule has 110 valence electrons. The number of carbonyl (C=O) groups excluding carboxylic acids is 1. The lowest BCUT2D eigenvalue weighted by molar-refractivity contribution is -0.121. The van der Waals surface area contributed by atoms with Crippen molar-refractivity contribution in [2.45, 2.75) is 19.4 Å². The van der Waals surface area contributed by atoms with Gasteiger partial charge in [-0.3, -0.25) is 4.79 Å². The van der Waals surface area contributed by atoms with Gasteiger partial charge in [0.1, 0.15) is 5.75 Å². The molecule has 4 heteroatoms. The molecule has 2 aromatic carbocycles. The van der Waals surface area contributed by atoms with E-state index in [1.165, 1.54) is 0 Å². The minimum absolute atomic E-state index is 0.0295. The molecule has 0 heterocycles. The number of methoxy groups -OCH3 is 1. The summed E-state index contributed by atoms with van der Waals surface area (Å²) in [5, 5.41) is 2.98. The Morgan fingerprint density at radius 1 is 1.19 bits per heavy atom. The van der Waals surface area contributed by atoms with Crippen molar-refractivity contribution >= 4 is 11.6 Å². The smallest absolute Gasteiger partial charge is 0.224 e. The Morgan fingerprint density at radius 2 is 1.86 bits per heavy atom. The van der Waals surface area contributed by atoms with Crippen LogP contribution in [0.15, 0.2) is 48.5 Å². The Kier molecular flexibility index (Phi) is 4.82. The Hall–Kier alpha value is -2.49. The maximum absolute atomic E-state index is 12.1. The Bertz CT molecular complexity index is 608. The van der Waals surface area contributed by atoms with Gasteiger partial charge in [0, 0.05) is 11.3 Å². The normalized spacial score (nSPS) is 11.7. The molecule has 0 fully saturated rings. The predicted octanol–water partition coefficient (Wildman–Crippen LogP) is 2.70. The molecular formula is C17H20N2O2. The minimum Gasteiger partial charge on any atom is -0.496 e. The number of rotatable bonds is 5. The fourth-order valence-corrected chi connectivity index (χ4v) is 2.22. The number of benzene rings is 2. The van der Waals surface area contributed by atoms with Crippen molar-refractivity contribution in [3.63, 3.8) is 0 Å². The molecule has 1 amide bonds. The summed E-state index contributed by atoms with van der Waals surface area (Å²) in [5.41, 5.74) is 8.23. The van der Waals surface area contributed by atoms with E-state index in [2.05, 4.69) is 5.32 Å². The molecular weight excluding hydrogens is 264 g/mol. The molecule has 3 N–H and O–H groups in total. The van der Waals surface area contributed by atoms with E-state index in [0.29, 0.717) is 12.1 Å². The average Bonchev–Trinajstić information content (AvgIpc) is 2.49. The number of para-hydroxylation sites is 1. The summed E-state index contributed by atoms with van der Waals surface area (Å²) >= 11 is 0. The quantitative estimate of drug-likeness (QED) is 0.830. The van der Waals surface area contributed by atoms with Crippen LogP contribution in [0, 0.1) is 0 Å². The second kappa shape index (κ2) is 6.79. The van der Waals surface area contributed by atoms with Crippen molar-refractivity contribution in [1.29, 1.82) is 0 Å². The summed E-state index contributed by atoms with van der Waals surface area (Å²) in [5.74, 6) is 0.746. The monoisotopic (exact) mass is 284 g/mol. The van der Waals surface area contributed by atoms with Crippen LogP contribution in [0.5, 0.6) is 5.75 Å². The number of carbonyl (C=O) groups is 1. The highest BCUT2D eigenvalue weighted by atomic mass is 16.5. The van der Waals surface area contributed by atoms with Gasteiger partial charge in [0.05, 0.1) is 19.6 Å². The van der Waals surface area contributed by atoms with Crippen molar-refractivity contribution in [1.82, 2.24) is 5.32 Å². The number of hydrogen-bond donors (Lipinski definition) is 2. The van der Waals surface area contributed by atoms with Crippen LogP contribution in [0.2, 0.25) is 0 Å². The fourth-order valence-electron chi connectivity index (χ4n) is 2.22. The SMILES string of the molecule is COc1ccccc1[C@@H](C)NC(=O)Cc1ccc(N)cc1. The first-order valence-electron chi connectivity index (χ1n) is 6.87. The Labute approximate surface area is 124 Å². The maximum atomic E-state index is 12.1. The molecule has 0 saturated heterocycles. The number of nitrogens with two attached hydrogens (primary N) is 1. The molecule has 0 spiro atoms. The molecule has 0 aliphatic rings. The summed E-state index contributed by atoms with van der Waals surface area (Å²) in [6.45, 7) is 1.94. The predicted molar refractivity (Wildman–Crippen MR) is 84.1 cm³/mol. The number of amides is 1. The largest absolute Gasteiger partial charge is 0.496 e. The van der Waals surface area contributed by atoms with E-state index in [1.54, 1.807) is 19.2 Å². The summed E-state index contributed by atoms with van der Waals surface area (Å²) in [6, 6.07) is 14.9. The van der Waals surface area contributed by atoms with Gasteiger partial charge in [-0.25, -0.2) is 0 Å². The van der Waals surface area contributed by atoms with Gasteiger partial charge < -0.3 is 15.8 Å². The van der Waals surface area contributed by atoms with E-state index >= 15 is 0 Å². The molecule has 0 unspecified atom stereocenters. The number of anilines is 1. The van der Waals surface area contributed by atoms with E-state index < -0.39 is 0 Å². The first-order chi connectivity index (χ1) is 10.1. The van der Waals surface area contributed by atoms with Gasteiger partial charge in [-0.05, 0) is 30.7 Å². The molecule has 2 rings (SSSR count). The zero-order valence-electron chi connectivity index (χ0n) is 12.3. The van der Waals surface area contributed by atoms with E-state index in [0.717, 1.165) is 16.9 Å². The fraction of sp³-hybridized carbons (Fsp3) is 0.235. The van der Waals surface area contributed by atoms with Crippen LogP contribution in [-0.2, 0) is 11.2 Å². The van der Waals surface area contributed by atoms with Crippen LogP contribution in [0.4, 0.5) is 5.69 Å². The number of nitrogen functional groups attached to an aromatic ring is 1. The third kappa shape index (κ3) is 3.99. The maximum Gasteiger partial charge on any atom is 0.224 e. The first kappa shape index (κ1) is 14.9. The topological polar surface area (TPSA) is 64.3 Å². The van der Waals surface area contributed by atoms with Crippen LogP contribution in [-0.4, -0.2) is 13.0 Å². The van der Waals surface area contributed by atoms with Gasteiger partial charge in [0.25, 0.3) is 0 Å². The number of nitrogens with one attached hydrogen (secondary N) is 1. The molecule has 1 atom stereocenters. The lowest BCUT2D eigenvalue weighted by Gasteiger charge is -2.17. The van der Waals surface area contributed by atoms with E-state index in [-0.39, 0.29) is 11.9 Å². The van der Waals surface area contributed by atoms with Crippen LogP contribution < -0.4 is 15.8 Å². The zero-order valence-corrected chi connectivity index (χ0v) is 12.3. The third-order valence-corrected chi connectivity index (χ3v) is 3.33. The van der Waals surface area contributed by atoms with Crippen LogP contribution in [0.3, 0.4) is 0 Å². The van der Waals surface area contributed by atoms with Crippen molar-refractivity contribution < 1.29 is 9.53 Å². The lowest BCUT2D eigenvalue weighted by atomic mass is 10.1. The summed E-state index contributed by atoms with van der Waals surface area (Å²) in [6.07, 6.45) is 0.333. The van der Waals surface area contributed by atoms with Gasteiger partial charge in [-0.2, -0.15) is 0 Å². The average molecular weight is 284 g/mol. The first-order valence-corrected chi connectivity index (χ1v) is 6.87. The van der Waals surface area contributed by atoms with Gasteiger partial charge in [0.2, 0.25) is 5.91 Å². The molecule has 0 radical (unpaired) electrons. The molecule has 0 aliphatic carbocycles. The van der Waals surface area contributed by atoms with E-state index in [1.807, 2.05) is 43.3 Å². The molecule has 0 saturated carbocycles. The highest BCUT2D eigenvalue weighted by Gasteiger charge is 2.13. The van der Waals surface area contributed by atoms with Crippen molar-refractivity contribution in [3.05, 3.63) is 59.7 Å². The third-order valence-electron chi connectivity index (χ3n) is 3.33. The highest BCUT2D eigenvalue weighted by Crippen LogP contribution is 2.24. The van der Waals surface area contributed by atoms with Crippen LogP contribution >= 0.6 is 0 Å². The molecule has 0 aliphatic heterocycles. The Morgan fingerprint density at radius 3 is 2.52 bits per heavy atom. The lowest BCUT2D eigenvalue weighted by Crippen LogP contribution is -2.28. The standard InChI is InChI=1S/C17H20N2O2/c1-12(15-5-3-4-6-16(15)21-2)19-17(20)11-13-7-9-14(18)10-8-13/h3-10,12H,11,18H2,1-2H3,(H,19,20)/t12-/m1/s1. The van der Waals surface area contributed by atoms with E-state index in [4.69, 9.17) is 10.5 Å². The minimum atomic E-state index is -0.109. The summed E-state index contributed by atoms with van der Waals surface area (Å²) < 4.78 is 5.31. The number of ether oxygens (including phenoxy) is 1. The van der Waals surface area contributed by atoms with Crippen molar-refractivity contribution in [2.24, 2.45) is 0 Å². The van der Waals surface area contributed by atoms with E-state index in [9.17, 15) is 4.79 Å².